The zero-order chi connectivity index (χ0) is 36.6. The molecule has 1 saturated carbocycles. The maximum Gasteiger partial charge on any atom is 0.326 e. The summed E-state index contributed by atoms with van der Waals surface area (Å²) in [6.45, 7) is 11.5. The van der Waals surface area contributed by atoms with E-state index >= 15 is 0 Å². The van der Waals surface area contributed by atoms with Crippen LogP contribution in [-0.4, -0.2) is 41.5 Å². The molecule has 1 aromatic carbocycles. The number of amides is 3. The second-order valence-corrected chi connectivity index (χ2v) is 17.0. The van der Waals surface area contributed by atoms with Crippen LogP contribution >= 0.6 is 0 Å². The average molecular weight is 708 g/mol. The summed E-state index contributed by atoms with van der Waals surface area (Å²) in [6.07, 6.45) is 35.3. The molecule has 0 spiro atoms. The number of rotatable bonds is 30. The normalized spacial score (nSPS) is 22.3. The van der Waals surface area contributed by atoms with Crippen molar-refractivity contribution in [3.63, 3.8) is 0 Å². The molecule has 0 radical (unpaired) electrons. The lowest BCUT2D eigenvalue weighted by Crippen LogP contribution is -2.52. The summed E-state index contributed by atoms with van der Waals surface area (Å²) in [5, 5.41) is 3.34. The minimum Gasteiger partial charge on any atom is -0.319 e. The number of imide groups is 1. The van der Waals surface area contributed by atoms with E-state index in [1.165, 1.54) is 148 Å². The van der Waals surface area contributed by atoms with E-state index in [-0.39, 0.29) is 17.9 Å². The molecule has 51 heavy (non-hydrogen) atoms. The lowest BCUT2D eigenvalue weighted by atomic mass is 9.65. The van der Waals surface area contributed by atoms with Crippen LogP contribution in [0, 0.1) is 17.8 Å². The van der Waals surface area contributed by atoms with Gasteiger partial charge in [0.2, 0.25) is 0 Å². The summed E-state index contributed by atoms with van der Waals surface area (Å²) in [4.78, 5) is 32.5. The van der Waals surface area contributed by atoms with Gasteiger partial charge in [0.15, 0.2) is 0 Å². The first-order valence-electron chi connectivity index (χ1n) is 22.3. The molecular formula is C46H81N3O2. The summed E-state index contributed by atoms with van der Waals surface area (Å²) in [5.74, 6) is 1.18. The van der Waals surface area contributed by atoms with E-state index in [4.69, 9.17) is 0 Å². The molecule has 2 fully saturated rings. The Morgan fingerprint density at radius 2 is 0.980 bits per heavy atom. The maximum atomic E-state index is 14.7. The van der Waals surface area contributed by atoms with Crippen LogP contribution in [0.25, 0.3) is 0 Å². The Balaban J connectivity index is 1.53. The Kier molecular flexibility index (Phi) is 22.2. The van der Waals surface area contributed by atoms with Gasteiger partial charge in [0.05, 0.1) is 6.67 Å². The van der Waals surface area contributed by atoms with Crippen molar-refractivity contribution in [1.29, 1.82) is 0 Å². The van der Waals surface area contributed by atoms with Crippen molar-refractivity contribution in [2.24, 2.45) is 17.8 Å². The van der Waals surface area contributed by atoms with Gasteiger partial charge in [-0.3, -0.25) is 9.69 Å². The highest BCUT2D eigenvalue weighted by Gasteiger charge is 2.57. The van der Waals surface area contributed by atoms with Crippen LogP contribution in [0.15, 0.2) is 30.3 Å². The van der Waals surface area contributed by atoms with E-state index in [0.29, 0.717) is 18.5 Å². The van der Waals surface area contributed by atoms with Gasteiger partial charge in [-0.1, -0.05) is 199 Å². The minimum atomic E-state index is -0.959. The summed E-state index contributed by atoms with van der Waals surface area (Å²) in [6, 6.07) is 9.95. The highest BCUT2D eigenvalue weighted by molar-refractivity contribution is 6.07. The predicted octanol–water partition coefficient (Wildman–Crippen LogP) is 13.2. The fraction of sp³-hybridized carbons (Fsp3) is 0.826. The predicted molar refractivity (Wildman–Crippen MR) is 218 cm³/mol. The first-order chi connectivity index (χ1) is 24.9. The Bertz CT molecular complexity index is 1010. The topological polar surface area (TPSA) is 52.6 Å². The standard InChI is InChI=1S/C46H81N3O2/c1-5-7-9-11-13-15-17-19-21-23-25-30-34-48(35-31-26-24-22-20-18-16-14-12-10-8-6-2)39-49-44(50)46(47-45(49)51,42-32-28-27-29-33-42)43-37-40(3)36-41(4)38-43/h27-29,32-33,40-41,43H,5-26,30-31,34-39H2,1-4H3,(H,47,51). The molecule has 292 valence electrons. The highest BCUT2D eigenvalue weighted by Crippen LogP contribution is 2.46. The summed E-state index contributed by atoms with van der Waals surface area (Å²) >= 11 is 0. The largest absolute Gasteiger partial charge is 0.326 e. The molecule has 2 aliphatic rings. The second-order valence-electron chi connectivity index (χ2n) is 17.0. The number of benzene rings is 1. The molecule has 5 heteroatoms. The molecule has 1 aromatic rings. The van der Waals surface area contributed by atoms with Gasteiger partial charge in [-0.2, -0.15) is 0 Å². The summed E-state index contributed by atoms with van der Waals surface area (Å²) in [7, 11) is 0. The zero-order valence-corrected chi connectivity index (χ0v) is 34.0. The third kappa shape index (κ3) is 15.6. The minimum absolute atomic E-state index is 0.0283. The molecule has 3 atom stereocenters. The summed E-state index contributed by atoms with van der Waals surface area (Å²) < 4.78 is 0. The fourth-order valence-electron chi connectivity index (χ4n) is 9.24. The maximum absolute atomic E-state index is 14.7. The first-order valence-corrected chi connectivity index (χ1v) is 22.3. The van der Waals surface area contributed by atoms with Crippen molar-refractivity contribution in [2.75, 3.05) is 19.8 Å². The van der Waals surface area contributed by atoms with Crippen LogP contribution in [0.4, 0.5) is 4.79 Å². The van der Waals surface area contributed by atoms with Crippen LogP contribution < -0.4 is 5.32 Å². The lowest BCUT2D eigenvalue weighted by Gasteiger charge is -2.42. The Morgan fingerprint density at radius 3 is 1.39 bits per heavy atom. The summed E-state index contributed by atoms with van der Waals surface area (Å²) in [5.41, 5.74) is -0.00972. The monoisotopic (exact) mass is 708 g/mol. The van der Waals surface area contributed by atoms with Gasteiger partial charge in [-0.25, -0.2) is 9.69 Å². The zero-order valence-electron chi connectivity index (χ0n) is 34.0. The first kappa shape index (κ1) is 43.5. The number of hydrogen-bond acceptors (Lipinski definition) is 3. The third-order valence-corrected chi connectivity index (χ3v) is 12.1. The van der Waals surface area contributed by atoms with E-state index in [9.17, 15) is 9.59 Å². The van der Waals surface area contributed by atoms with Crippen molar-refractivity contribution < 1.29 is 9.59 Å². The number of unbranched alkanes of at least 4 members (excludes halogenated alkanes) is 22. The number of nitrogens with one attached hydrogen (secondary N) is 1. The fourth-order valence-corrected chi connectivity index (χ4v) is 9.24. The van der Waals surface area contributed by atoms with E-state index < -0.39 is 5.54 Å². The smallest absolute Gasteiger partial charge is 0.319 e. The number of urea groups is 1. The average Bonchev–Trinajstić information content (AvgIpc) is 3.38. The van der Waals surface area contributed by atoms with Crippen molar-refractivity contribution >= 4 is 11.9 Å². The van der Waals surface area contributed by atoms with Crippen molar-refractivity contribution in [2.45, 2.75) is 207 Å². The van der Waals surface area contributed by atoms with E-state index in [1.54, 1.807) is 4.90 Å². The molecule has 1 N–H and O–H groups in total. The van der Waals surface area contributed by atoms with Crippen LogP contribution in [0.1, 0.15) is 207 Å². The molecule has 0 aromatic heterocycles. The van der Waals surface area contributed by atoms with Crippen molar-refractivity contribution in [3.8, 4) is 0 Å². The Hall–Kier alpha value is -1.88. The Morgan fingerprint density at radius 1 is 0.588 bits per heavy atom. The SMILES string of the molecule is CCCCCCCCCCCCCCN(CCCCCCCCCCCCCC)CN1C(=O)NC(c2ccccc2)(C2CC(C)CC(C)C2)C1=O. The molecule has 1 heterocycles. The quantitative estimate of drug-likeness (QED) is 0.0640. The van der Waals surface area contributed by atoms with Crippen LogP contribution in [0.2, 0.25) is 0 Å². The molecule has 1 saturated heterocycles. The van der Waals surface area contributed by atoms with Gasteiger partial charge < -0.3 is 5.32 Å². The van der Waals surface area contributed by atoms with Crippen molar-refractivity contribution in [1.82, 2.24) is 15.1 Å². The highest BCUT2D eigenvalue weighted by atomic mass is 16.2. The van der Waals surface area contributed by atoms with Crippen LogP contribution in [0.5, 0.6) is 0 Å². The van der Waals surface area contributed by atoms with Gasteiger partial charge in [-0.05, 0) is 68.5 Å². The number of hydrogen-bond donors (Lipinski definition) is 1. The molecule has 3 rings (SSSR count). The van der Waals surface area contributed by atoms with Gasteiger partial charge in [0, 0.05) is 0 Å². The molecule has 3 unspecified atom stereocenters. The van der Waals surface area contributed by atoms with E-state index in [0.717, 1.165) is 44.3 Å². The Labute approximate surface area is 315 Å². The van der Waals surface area contributed by atoms with Gasteiger partial charge in [0.1, 0.15) is 5.54 Å². The van der Waals surface area contributed by atoms with Crippen molar-refractivity contribution in [3.05, 3.63) is 35.9 Å². The molecular weight excluding hydrogens is 627 g/mol. The third-order valence-electron chi connectivity index (χ3n) is 12.1. The van der Waals surface area contributed by atoms with Gasteiger partial charge in [0.25, 0.3) is 5.91 Å². The number of nitrogens with zero attached hydrogens (tertiary/aromatic N) is 2. The van der Waals surface area contributed by atoms with Gasteiger partial charge in [-0.15, -0.1) is 0 Å². The van der Waals surface area contributed by atoms with Crippen LogP contribution in [-0.2, 0) is 10.3 Å². The number of carbonyl (C=O) groups is 2. The van der Waals surface area contributed by atoms with Gasteiger partial charge >= 0.3 is 6.03 Å². The molecule has 0 bridgehead atoms. The molecule has 5 nitrogen and oxygen atoms in total. The van der Waals surface area contributed by atoms with E-state index in [1.807, 2.05) is 18.2 Å². The van der Waals surface area contributed by atoms with Crippen LogP contribution in [0.3, 0.4) is 0 Å². The molecule has 1 aliphatic carbocycles. The van der Waals surface area contributed by atoms with E-state index in [2.05, 4.69) is 50.0 Å². The molecule has 1 aliphatic heterocycles. The second kappa shape index (κ2) is 26.0. The number of carbonyl (C=O) groups excluding carboxylic acids is 2. The molecule has 3 amide bonds. The lowest BCUT2D eigenvalue weighted by molar-refractivity contribution is -0.136.